The molecule has 1 aromatic rings. The van der Waals surface area contributed by atoms with Gasteiger partial charge in [0.2, 0.25) is 0 Å². The molecule has 2 atom stereocenters. The summed E-state index contributed by atoms with van der Waals surface area (Å²) in [5.41, 5.74) is 1.05. The van der Waals surface area contributed by atoms with Crippen molar-refractivity contribution in [3.05, 3.63) is 21.4 Å². The topological polar surface area (TPSA) is 70.0 Å². The van der Waals surface area contributed by atoms with Gasteiger partial charge in [0.1, 0.15) is 4.88 Å². The standard InChI is InChI=1S/C13H19NO4S/c1-8-4-14(6-11(7-15)18-8)5-10-3-12(13(16)17)19-9(10)2/h3,8,11,15H,4-7H2,1-2H3,(H,16,17). The largest absolute Gasteiger partial charge is 0.477 e. The molecule has 6 heteroatoms. The number of carboxylic acids is 1. The summed E-state index contributed by atoms with van der Waals surface area (Å²) < 4.78 is 5.59. The molecule has 106 valence electrons. The van der Waals surface area contributed by atoms with E-state index in [2.05, 4.69) is 4.90 Å². The van der Waals surface area contributed by atoms with Crippen LogP contribution in [-0.4, -0.2) is 53.0 Å². The monoisotopic (exact) mass is 285 g/mol. The van der Waals surface area contributed by atoms with E-state index in [1.165, 1.54) is 11.3 Å². The predicted molar refractivity (Wildman–Crippen MR) is 72.7 cm³/mol. The van der Waals surface area contributed by atoms with Crippen LogP contribution in [0.4, 0.5) is 0 Å². The van der Waals surface area contributed by atoms with Crippen LogP contribution < -0.4 is 0 Å². The summed E-state index contributed by atoms with van der Waals surface area (Å²) in [6, 6.07) is 1.75. The van der Waals surface area contributed by atoms with Gasteiger partial charge in [-0.3, -0.25) is 4.90 Å². The fraction of sp³-hybridized carbons (Fsp3) is 0.615. The van der Waals surface area contributed by atoms with E-state index < -0.39 is 5.97 Å². The Hall–Kier alpha value is -0.950. The van der Waals surface area contributed by atoms with Gasteiger partial charge in [0.15, 0.2) is 0 Å². The Bertz CT molecular complexity index is 459. The van der Waals surface area contributed by atoms with Gasteiger partial charge < -0.3 is 14.9 Å². The average molecular weight is 285 g/mol. The van der Waals surface area contributed by atoms with Crippen LogP contribution in [0, 0.1) is 6.92 Å². The lowest BCUT2D eigenvalue weighted by atomic mass is 10.1. The average Bonchev–Trinajstić information content (AvgIpc) is 2.70. The number of hydrogen-bond donors (Lipinski definition) is 2. The Kier molecular flexibility index (Phi) is 4.57. The number of morpholine rings is 1. The Morgan fingerprint density at radius 3 is 2.89 bits per heavy atom. The number of carbonyl (C=O) groups is 1. The lowest BCUT2D eigenvalue weighted by molar-refractivity contribution is -0.0972. The molecule has 19 heavy (non-hydrogen) atoms. The van der Waals surface area contributed by atoms with Gasteiger partial charge in [0.05, 0.1) is 18.8 Å². The summed E-state index contributed by atoms with van der Waals surface area (Å²) >= 11 is 1.31. The molecule has 0 aromatic carbocycles. The molecule has 1 saturated heterocycles. The molecular formula is C13H19NO4S. The second-order valence-electron chi connectivity index (χ2n) is 4.94. The number of ether oxygens (including phenoxy) is 1. The first kappa shape index (κ1) is 14.5. The number of thiophene rings is 1. The van der Waals surface area contributed by atoms with E-state index in [0.29, 0.717) is 18.0 Å². The number of aromatic carboxylic acids is 1. The highest BCUT2D eigenvalue weighted by molar-refractivity contribution is 7.14. The molecular weight excluding hydrogens is 266 g/mol. The molecule has 0 saturated carbocycles. The van der Waals surface area contributed by atoms with Gasteiger partial charge >= 0.3 is 5.97 Å². The number of carboxylic acid groups (broad SMARTS) is 1. The first-order chi connectivity index (χ1) is 8.99. The summed E-state index contributed by atoms with van der Waals surface area (Å²) in [6.45, 7) is 6.13. The number of rotatable bonds is 4. The minimum absolute atomic E-state index is 0.0177. The molecule has 0 amide bonds. The van der Waals surface area contributed by atoms with Crippen molar-refractivity contribution in [1.82, 2.24) is 4.90 Å². The van der Waals surface area contributed by atoms with Crippen molar-refractivity contribution in [3.8, 4) is 0 Å². The van der Waals surface area contributed by atoms with Crippen LogP contribution in [0.3, 0.4) is 0 Å². The summed E-state index contributed by atoms with van der Waals surface area (Å²) in [6.07, 6.45) is -0.0644. The van der Waals surface area contributed by atoms with Gasteiger partial charge in [-0.05, 0) is 25.5 Å². The molecule has 0 radical (unpaired) electrons. The third-order valence-corrected chi connectivity index (χ3v) is 4.31. The third-order valence-electron chi connectivity index (χ3n) is 3.23. The van der Waals surface area contributed by atoms with Crippen molar-refractivity contribution in [2.75, 3.05) is 19.7 Å². The van der Waals surface area contributed by atoms with Gasteiger partial charge in [-0.25, -0.2) is 4.79 Å². The molecule has 2 N–H and O–H groups in total. The highest BCUT2D eigenvalue weighted by Crippen LogP contribution is 2.24. The van der Waals surface area contributed by atoms with Crippen molar-refractivity contribution in [3.63, 3.8) is 0 Å². The van der Waals surface area contributed by atoms with Crippen molar-refractivity contribution in [2.24, 2.45) is 0 Å². The van der Waals surface area contributed by atoms with Crippen LogP contribution >= 0.6 is 11.3 Å². The lowest BCUT2D eigenvalue weighted by Gasteiger charge is -2.36. The van der Waals surface area contributed by atoms with E-state index in [4.69, 9.17) is 9.84 Å². The first-order valence-corrected chi connectivity index (χ1v) is 7.12. The zero-order chi connectivity index (χ0) is 14.0. The third kappa shape index (κ3) is 3.54. The lowest BCUT2D eigenvalue weighted by Crippen LogP contribution is -2.47. The molecule has 2 heterocycles. The Morgan fingerprint density at radius 2 is 2.32 bits per heavy atom. The minimum atomic E-state index is -0.872. The van der Waals surface area contributed by atoms with E-state index in [0.717, 1.165) is 17.0 Å². The van der Waals surface area contributed by atoms with Crippen LogP contribution in [0.2, 0.25) is 0 Å². The smallest absolute Gasteiger partial charge is 0.345 e. The Balaban J connectivity index is 2.06. The van der Waals surface area contributed by atoms with Gasteiger partial charge in [0.25, 0.3) is 0 Å². The summed E-state index contributed by atoms with van der Waals surface area (Å²) in [5.74, 6) is -0.872. The van der Waals surface area contributed by atoms with E-state index in [-0.39, 0.29) is 18.8 Å². The van der Waals surface area contributed by atoms with Crippen LogP contribution in [0.25, 0.3) is 0 Å². The Morgan fingerprint density at radius 1 is 1.58 bits per heavy atom. The van der Waals surface area contributed by atoms with Crippen LogP contribution in [0.1, 0.15) is 27.0 Å². The van der Waals surface area contributed by atoms with Gasteiger partial charge in [0, 0.05) is 24.5 Å². The van der Waals surface area contributed by atoms with Crippen molar-refractivity contribution >= 4 is 17.3 Å². The van der Waals surface area contributed by atoms with Crippen LogP contribution in [-0.2, 0) is 11.3 Å². The minimum Gasteiger partial charge on any atom is -0.477 e. The van der Waals surface area contributed by atoms with Gasteiger partial charge in [-0.1, -0.05) is 0 Å². The molecule has 0 spiro atoms. The number of aliphatic hydroxyl groups is 1. The highest BCUT2D eigenvalue weighted by atomic mass is 32.1. The molecule has 2 rings (SSSR count). The van der Waals surface area contributed by atoms with Crippen molar-refractivity contribution in [1.29, 1.82) is 0 Å². The summed E-state index contributed by atoms with van der Waals surface area (Å²) in [7, 11) is 0. The van der Waals surface area contributed by atoms with Crippen LogP contribution in [0.5, 0.6) is 0 Å². The quantitative estimate of drug-likeness (QED) is 0.873. The predicted octanol–water partition coefficient (Wildman–Crippen LogP) is 1.34. The number of nitrogens with zero attached hydrogens (tertiary/aromatic N) is 1. The molecule has 0 aliphatic carbocycles. The van der Waals surface area contributed by atoms with Crippen molar-refractivity contribution < 1.29 is 19.7 Å². The normalized spacial score (nSPS) is 24.6. The van der Waals surface area contributed by atoms with E-state index in [1.807, 2.05) is 13.8 Å². The fourth-order valence-corrected chi connectivity index (χ4v) is 3.27. The molecule has 5 nitrogen and oxygen atoms in total. The van der Waals surface area contributed by atoms with Gasteiger partial charge in [-0.15, -0.1) is 11.3 Å². The van der Waals surface area contributed by atoms with E-state index in [1.54, 1.807) is 6.07 Å². The van der Waals surface area contributed by atoms with E-state index >= 15 is 0 Å². The first-order valence-electron chi connectivity index (χ1n) is 6.31. The van der Waals surface area contributed by atoms with Gasteiger partial charge in [-0.2, -0.15) is 0 Å². The molecule has 1 aliphatic rings. The SMILES string of the molecule is Cc1sc(C(=O)O)cc1CN1CC(C)OC(CO)C1. The zero-order valence-corrected chi connectivity index (χ0v) is 11.9. The second-order valence-corrected chi connectivity index (χ2v) is 6.20. The number of aliphatic hydroxyl groups excluding tert-OH is 1. The van der Waals surface area contributed by atoms with E-state index in [9.17, 15) is 9.90 Å². The highest BCUT2D eigenvalue weighted by Gasteiger charge is 2.25. The fourth-order valence-electron chi connectivity index (χ4n) is 2.39. The Labute approximate surface area is 116 Å². The molecule has 1 aliphatic heterocycles. The summed E-state index contributed by atoms with van der Waals surface area (Å²) in [4.78, 5) is 14.6. The summed E-state index contributed by atoms with van der Waals surface area (Å²) in [5, 5.41) is 18.2. The second kappa shape index (κ2) is 6.00. The maximum Gasteiger partial charge on any atom is 0.345 e. The maximum atomic E-state index is 11.0. The number of aryl methyl sites for hydroxylation is 1. The maximum absolute atomic E-state index is 11.0. The molecule has 0 bridgehead atoms. The number of hydrogen-bond acceptors (Lipinski definition) is 5. The zero-order valence-electron chi connectivity index (χ0n) is 11.1. The molecule has 1 aromatic heterocycles. The molecule has 2 unspecified atom stereocenters. The van der Waals surface area contributed by atoms with Crippen LogP contribution in [0.15, 0.2) is 6.07 Å². The van der Waals surface area contributed by atoms with Crippen molar-refractivity contribution in [2.45, 2.75) is 32.6 Å². The molecule has 1 fully saturated rings.